The summed E-state index contributed by atoms with van der Waals surface area (Å²) in [4.78, 5) is 23.9. The van der Waals surface area contributed by atoms with Crippen LogP contribution in [0.25, 0.3) is 0 Å². The molecule has 140 valence electrons. The molecular weight excluding hydrogens is 351 g/mol. The molecule has 0 radical (unpaired) electrons. The summed E-state index contributed by atoms with van der Waals surface area (Å²) in [5.74, 6) is -2.55. The van der Waals surface area contributed by atoms with Crippen LogP contribution in [0.4, 0.5) is 13.2 Å². The van der Waals surface area contributed by atoms with Crippen molar-refractivity contribution in [3.63, 3.8) is 0 Å². The maximum Gasteiger partial charge on any atom is 0.454 e. The van der Waals surface area contributed by atoms with E-state index in [4.69, 9.17) is 4.74 Å². The minimum absolute atomic E-state index is 0.0407. The van der Waals surface area contributed by atoms with Crippen LogP contribution in [0.5, 0.6) is 5.75 Å². The molecule has 5 nitrogen and oxygen atoms in total. The van der Waals surface area contributed by atoms with Crippen molar-refractivity contribution in [2.24, 2.45) is 0 Å². The SMILES string of the molecule is COC(=O)C(Cc1ccc(O)cc1)n1c(C)cc(C(=O)C(F)(F)F)c1C. The van der Waals surface area contributed by atoms with Crippen LogP contribution in [0.1, 0.15) is 33.4 Å². The first-order valence-corrected chi connectivity index (χ1v) is 7.72. The lowest BCUT2D eigenvalue weighted by atomic mass is 10.0. The maximum atomic E-state index is 12.8. The van der Waals surface area contributed by atoms with Gasteiger partial charge in [-0.1, -0.05) is 12.1 Å². The van der Waals surface area contributed by atoms with Crippen LogP contribution in [0.15, 0.2) is 30.3 Å². The lowest BCUT2D eigenvalue weighted by Gasteiger charge is -2.21. The minimum Gasteiger partial charge on any atom is -0.508 e. The zero-order valence-corrected chi connectivity index (χ0v) is 14.4. The third-order valence-electron chi connectivity index (χ3n) is 4.14. The van der Waals surface area contributed by atoms with Crippen LogP contribution in [-0.4, -0.2) is 34.7 Å². The van der Waals surface area contributed by atoms with Gasteiger partial charge in [0.2, 0.25) is 0 Å². The van der Waals surface area contributed by atoms with Crippen molar-refractivity contribution in [2.75, 3.05) is 7.11 Å². The predicted molar refractivity (Wildman–Crippen MR) is 87.2 cm³/mol. The average Bonchev–Trinajstić information content (AvgIpc) is 2.86. The number of esters is 1. The average molecular weight is 369 g/mol. The summed E-state index contributed by atoms with van der Waals surface area (Å²) in [7, 11) is 1.18. The number of aromatic nitrogens is 1. The lowest BCUT2D eigenvalue weighted by Crippen LogP contribution is -2.26. The highest BCUT2D eigenvalue weighted by Gasteiger charge is 2.41. The van der Waals surface area contributed by atoms with Gasteiger partial charge in [0, 0.05) is 23.4 Å². The van der Waals surface area contributed by atoms with Crippen LogP contribution in [0.2, 0.25) is 0 Å². The highest BCUT2D eigenvalue weighted by atomic mass is 19.4. The molecule has 26 heavy (non-hydrogen) atoms. The van der Waals surface area contributed by atoms with Crippen molar-refractivity contribution in [3.05, 3.63) is 52.8 Å². The number of phenols is 1. The van der Waals surface area contributed by atoms with Crippen molar-refractivity contribution >= 4 is 11.8 Å². The molecule has 1 atom stereocenters. The molecule has 1 aromatic heterocycles. The van der Waals surface area contributed by atoms with Gasteiger partial charge in [0.15, 0.2) is 0 Å². The Morgan fingerprint density at radius 2 is 1.77 bits per heavy atom. The first-order chi connectivity index (χ1) is 12.1. The number of nitrogens with zero attached hydrogens (tertiary/aromatic N) is 1. The third-order valence-corrected chi connectivity index (χ3v) is 4.14. The fourth-order valence-electron chi connectivity index (χ4n) is 2.91. The number of ketones is 1. The van der Waals surface area contributed by atoms with Gasteiger partial charge in [-0.25, -0.2) is 4.79 Å². The topological polar surface area (TPSA) is 68.5 Å². The maximum absolute atomic E-state index is 12.8. The first kappa shape index (κ1) is 19.6. The van der Waals surface area contributed by atoms with Gasteiger partial charge in [-0.2, -0.15) is 13.2 Å². The Morgan fingerprint density at radius 1 is 1.19 bits per heavy atom. The number of methoxy groups -OCH3 is 1. The number of Topliss-reactive ketones (excluding diaryl/α,β-unsaturated/α-hetero) is 1. The van der Waals surface area contributed by atoms with Gasteiger partial charge < -0.3 is 14.4 Å². The highest BCUT2D eigenvalue weighted by Crippen LogP contribution is 2.29. The lowest BCUT2D eigenvalue weighted by molar-refractivity contribution is -0.144. The van der Waals surface area contributed by atoms with E-state index in [0.717, 1.165) is 6.07 Å². The number of carbonyl (C=O) groups excluding carboxylic acids is 2. The van der Waals surface area contributed by atoms with Gasteiger partial charge in [0.25, 0.3) is 5.78 Å². The Hall–Kier alpha value is -2.77. The molecule has 0 amide bonds. The van der Waals surface area contributed by atoms with Crippen LogP contribution in [0.3, 0.4) is 0 Å². The summed E-state index contributed by atoms with van der Waals surface area (Å²) in [6, 6.07) is 6.26. The number of rotatable bonds is 5. The number of aryl methyl sites for hydroxylation is 1. The standard InChI is InChI=1S/C18H18F3NO4/c1-10-8-14(16(24)18(19,20)21)11(2)22(10)15(17(25)26-3)9-12-4-6-13(23)7-5-12/h4-8,15,23H,9H2,1-3H3. The van der Waals surface area contributed by atoms with E-state index in [-0.39, 0.29) is 17.9 Å². The summed E-state index contributed by atoms with van der Waals surface area (Å²) in [6.07, 6.45) is -4.87. The van der Waals surface area contributed by atoms with Crippen molar-refractivity contribution in [1.29, 1.82) is 0 Å². The normalized spacial score (nSPS) is 12.7. The molecule has 0 aliphatic rings. The van der Waals surface area contributed by atoms with Gasteiger partial charge in [-0.05, 0) is 37.6 Å². The van der Waals surface area contributed by atoms with Crippen LogP contribution in [-0.2, 0) is 16.0 Å². The second kappa shape index (κ2) is 7.23. The Labute approximate surface area is 148 Å². The van der Waals surface area contributed by atoms with Gasteiger partial charge in [0.05, 0.1) is 7.11 Å². The van der Waals surface area contributed by atoms with Crippen LogP contribution < -0.4 is 0 Å². The molecule has 2 rings (SSSR count). The van der Waals surface area contributed by atoms with Gasteiger partial charge in [-0.3, -0.25) is 4.79 Å². The molecule has 1 aromatic carbocycles. The highest BCUT2D eigenvalue weighted by molar-refractivity contribution is 6.01. The van der Waals surface area contributed by atoms with Crippen molar-refractivity contribution in [3.8, 4) is 5.75 Å². The number of benzene rings is 1. The number of aromatic hydroxyl groups is 1. The molecule has 0 aliphatic carbocycles. The summed E-state index contributed by atoms with van der Waals surface area (Å²) >= 11 is 0. The Morgan fingerprint density at radius 3 is 2.27 bits per heavy atom. The van der Waals surface area contributed by atoms with E-state index in [1.165, 1.54) is 37.7 Å². The van der Waals surface area contributed by atoms with Gasteiger partial charge in [-0.15, -0.1) is 0 Å². The first-order valence-electron chi connectivity index (χ1n) is 7.72. The summed E-state index contributed by atoms with van der Waals surface area (Å²) < 4.78 is 44.5. The Kier molecular flexibility index (Phi) is 5.44. The summed E-state index contributed by atoms with van der Waals surface area (Å²) in [5.41, 5.74) is 0.562. The Balaban J connectivity index is 2.49. The second-order valence-electron chi connectivity index (χ2n) is 5.89. The molecule has 0 bridgehead atoms. The quantitative estimate of drug-likeness (QED) is 0.647. The molecule has 0 saturated carbocycles. The van der Waals surface area contributed by atoms with E-state index >= 15 is 0 Å². The van der Waals surface area contributed by atoms with E-state index in [1.54, 1.807) is 12.1 Å². The van der Waals surface area contributed by atoms with Crippen LogP contribution in [0, 0.1) is 13.8 Å². The van der Waals surface area contributed by atoms with E-state index in [9.17, 15) is 27.9 Å². The van der Waals surface area contributed by atoms with Gasteiger partial charge >= 0.3 is 12.1 Å². The number of halogens is 3. The predicted octanol–water partition coefficient (Wildman–Crippen LogP) is 3.51. The minimum atomic E-state index is -5.00. The molecule has 8 heteroatoms. The summed E-state index contributed by atoms with van der Waals surface area (Å²) in [6.45, 7) is 2.88. The number of alkyl halides is 3. The van der Waals surface area contributed by atoms with E-state index in [0.29, 0.717) is 11.3 Å². The summed E-state index contributed by atoms with van der Waals surface area (Å²) in [5, 5.41) is 9.35. The smallest absolute Gasteiger partial charge is 0.454 e. The zero-order chi connectivity index (χ0) is 19.6. The molecular formula is C18H18F3NO4. The molecule has 1 heterocycles. The number of ether oxygens (including phenoxy) is 1. The zero-order valence-electron chi connectivity index (χ0n) is 14.4. The van der Waals surface area contributed by atoms with Crippen molar-refractivity contribution in [2.45, 2.75) is 32.5 Å². The number of carbonyl (C=O) groups is 2. The molecule has 0 fully saturated rings. The van der Waals surface area contributed by atoms with Gasteiger partial charge in [0.1, 0.15) is 11.8 Å². The fraction of sp³-hybridized carbons (Fsp3) is 0.333. The molecule has 1 N–H and O–H groups in total. The van der Waals surface area contributed by atoms with Crippen molar-refractivity contribution < 1.29 is 32.6 Å². The second-order valence-corrected chi connectivity index (χ2v) is 5.89. The number of hydrogen-bond acceptors (Lipinski definition) is 4. The van der Waals surface area contributed by atoms with E-state index in [1.807, 2.05) is 0 Å². The third kappa shape index (κ3) is 3.89. The monoisotopic (exact) mass is 369 g/mol. The Bertz CT molecular complexity index is 822. The number of phenolic OH excluding ortho intramolecular Hbond substituents is 1. The van der Waals surface area contributed by atoms with E-state index < -0.39 is 29.5 Å². The molecule has 0 saturated heterocycles. The largest absolute Gasteiger partial charge is 0.508 e. The molecule has 0 aliphatic heterocycles. The number of hydrogen-bond donors (Lipinski definition) is 1. The molecule has 0 spiro atoms. The van der Waals surface area contributed by atoms with Crippen LogP contribution >= 0.6 is 0 Å². The molecule has 2 aromatic rings. The van der Waals surface area contributed by atoms with E-state index in [2.05, 4.69) is 0 Å². The van der Waals surface area contributed by atoms with Crippen molar-refractivity contribution in [1.82, 2.24) is 4.57 Å². The molecule has 1 unspecified atom stereocenters. The fourth-order valence-corrected chi connectivity index (χ4v) is 2.91.